The van der Waals surface area contributed by atoms with E-state index >= 15 is 0 Å². The van der Waals surface area contributed by atoms with Crippen molar-refractivity contribution in [2.24, 2.45) is 5.73 Å². The van der Waals surface area contributed by atoms with E-state index in [0.29, 0.717) is 44.2 Å². The molecule has 1 saturated heterocycles. The maximum atomic E-state index is 12.9. The van der Waals surface area contributed by atoms with Gasteiger partial charge in [-0.3, -0.25) is 9.59 Å². The number of nitrogens with one attached hydrogen (secondary N) is 1. The van der Waals surface area contributed by atoms with Gasteiger partial charge in [0.05, 0.1) is 36.7 Å². The second-order valence-electron chi connectivity index (χ2n) is 6.76. The van der Waals surface area contributed by atoms with Gasteiger partial charge in [0, 0.05) is 13.1 Å². The van der Waals surface area contributed by atoms with Crippen LogP contribution in [0.1, 0.15) is 26.5 Å². The number of morpholine rings is 1. The monoisotopic (exact) mass is 407 g/mol. The number of benzene rings is 2. The van der Waals surface area contributed by atoms with Crippen molar-refractivity contribution < 1.29 is 14.3 Å². The van der Waals surface area contributed by atoms with E-state index < -0.39 is 11.8 Å². The van der Waals surface area contributed by atoms with Gasteiger partial charge in [-0.25, -0.2) is 4.68 Å². The Morgan fingerprint density at radius 3 is 2.57 bits per heavy atom. The van der Waals surface area contributed by atoms with Crippen LogP contribution in [0.15, 0.2) is 48.5 Å². The maximum absolute atomic E-state index is 12.9. The van der Waals surface area contributed by atoms with Crippen molar-refractivity contribution in [2.45, 2.75) is 6.54 Å². The highest BCUT2D eigenvalue weighted by Crippen LogP contribution is 2.28. The van der Waals surface area contributed by atoms with Crippen LogP contribution in [0.4, 0.5) is 11.4 Å². The maximum Gasteiger partial charge on any atom is 0.295 e. The largest absolute Gasteiger partial charge is 0.378 e. The third kappa shape index (κ3) is 4.13. The van der Waals surface area contributed by atoms with Crippen LogP contribution < -0.4 is 16.0 Å². The van der Waals surface area contributed by atoms with E-state index in [0.717, 1.165) is 5.56 Å². The summed E-state index contributed by atoms with van der Waals surface area (Å²) in [5, 5.41) is 14.1. The van der Waals surface area contributed by atoms with Crippen LogP contribution in [-0.4, -0.2) is 58.3 Å². The summed E-state index contributed by atoms with van der Waals surface area (Å²) in [7, 11) is 0. The number of carbonyl (C=O) groups is 2. The molecule has 0 saturated carbocycles. The Morgan fingerprint density at radius 1 is 1.07 bits per heavy atom. The molecule has 0 spiro atoms. The number of hydrogen-bond acceptors (Lipinski definition) is 7. The number of nitrogens with zero attached hydrogens (tertiary/aromatic N) is 5. The molecule has 0 aliphatic carbocycles. The second-order valence-corrected chi connectivity index (χ2v) is 6.76. The van der Waals surface area contributed by atoms with E-state index in [1.54, 1.807) is 18.2 Å². The van der Waals surface area contributed by atoms with E-state index in [2.05, 4.69) is 20.8 Å². The van der Waals surface area contributed by atoms with Crippen molar-refractivity contribution in [2.75, 3.05) is 36.5 Å². The highest BCUT2D eigenvalue weighted by Gasteiger charge is 2.23. The molecule has 10 heteroatoms. The van der Waals surface area contributed by atoms with Crippen LogP contribution in [0.25, 0.3) is 0 Å². The summed E-state index contributed by atoms with van der Waals surface area (Å²) in [6, 6.07) is 14.7. The minimum Gasteiger partial charge on any atom is -0.378 e. The number of amides is 2. The molecule has 3 N–H and O–H groups in total. The van der Waals surface area contributed by atoms with E-state index in [1.165, 1.54) is 4.68 Å². The van der Waals surface area contributed by atoms with Gasteiger partial charge in [0.25, 0.3) is 11.8 Å². The summed E-state index contributed by atoms with van der Waals surface area (Å²) in [4.78, 5) is 27.1. The minimum absolute atomic E-state index is 0.0334. The second kappa shape index (κ2) is 8.70. The molecule has 0 radical (unpaired) electrons. The summed E-state index contributed by atoms with van der Waals surface area (Å²) < 4.78 is 6.78. The summed E-state index contributed by atoms with van der Waals surface area (Å²) in [6.45, 7) is 2.72. The van der Waals surface area contributed by atoms with Crippen LogP contribution in [0.5, 0.6) is 0 Å². The molecule has 154 valence electrons. The lowest BCUT2D eigenvalue weighted by Gasteiger charge is -2.30. The van der Waals surface area contributed by atoms with Crippen molar-refractivity contribution in [3.05, 3.63) is 65.5 Å². The molecule has 3 aromatic rings. The van der Waals surface area contributed by atoms with Crippen LogP contribution in [0.3, 0.4) is 0 Å². The smallest absolute Gasteiger partial charge is 0.295 e. The predicted octanol–water partition coefficient (Wildman–Crippen LogP) is 0.909. The summed E-state index contributed by atoms with van der Waals surface area (Å²) in [5.41, 5.74) is 7.82. The Hall–Kier alpha value is -3.79. The Bertz CT molecular complexity index is 1050. The first kappa shape index (κ1) is 19.5. The van der Waals surface area contributed by atoms with Crippen molar-refractivity contribution in [1.82, 2.24) is 20.2 Å². The van der Waals surface area contributed by atoms with Crippen molar-refractivity contribution in [1.29, 1.82) is 0 Å². The molecule has 30 heavy (non-hydrogen) atoms. The molecule has 1 aliphatic heterocycles. The predicted molar refractivity (Wildman–Crippen MR) is 109 cm³/mol. The fraction of sp³-hybridized carbons (Fsp3) is 0.250. The summed E-state index contributed by atoms with van der Waals surface area (Å²) >= 11 is 0. The zero-order valence-corrected chi connectivity index (χ0v) is 16.2. The molecule has 4 rings (SSSR count). The van der Waals surface area contributed by atoms with Gasteiger partial charge in [-0.2, -0.15) is 0 Å². The molecule has 0 bridgehead atoms. The quantitative estimate of drug-likeness (QED) is 0.621. The molecule has 1 aliphatic rings. The fourth-order valence-corrected chi connectivity index (χ4v) is 3.38. The Morgan fingerprint density at radius 2 is 1.83 bits per heavy atom. The third-order valence-electron chi connectivity index (χ3n) is 4.80. The van der Waals surface area contributed by atoms with E-state index in [-0.39, 0.29) is 11.4 Å². The first-order chi connectivity index (χ1) is 14.6. The Balaban J connectivity index is 1.60. The average molecular weight is 407 g/mol. The summed E-state index contributed by atoms with van der Waals surface area (Å²) in [6.07, 6.45) is 0. The Labute approximate surface area is 172 Å². The van der Waals surface area contributed by atoms with E-state index in [9.17, 15) is 9.59 Å². The van der Waals surface area contributed by atoms with Crippen LogP contribution in [0, 0.1) is 0 Å². The van der Waals surface area contributed by atoms with Crippen molar-refractivity contribution >= 4 is 23.2 Å². The van der Waals surface area contributed by atoms with Crippen LogP contribution in [0.2, 0.25) is 0 Å². The van der Waals surface area contributed by atoms with Crippen LogP contribution >= 0.6 is 0 Å². The average Bonchev–Trinajstić information content (AvgIpc) is 3.23. The van der Waals surface area contributed by atoms with Crippen molar-refractivity contribution in [3.8, 4) is 0 Å². The van der Waals surface area contributed by atoms with Gasteiger partial charge in [-0.1, -0.05) is 36.4 Å². The molecule has 1 fully saturated rings. The van der Waals surface area contributed by atoms with Crippen molar-refractivity contribution in [3.63, 3.8) is 0 Å². The standard InChI is InChI=1S/C20H21N7O3/c21-18(28)17-15(7-4-8-16(17)26-9-11-30-12-10-26)22-20(29)19-23-24-25-27(19)13-14-5-2-1-3-6-14/h1-8H,9-13H2,(H2,21,28)(H,22,29). The highest BCUT2D eigenvalue weighted by atomic mass is 16.5. The van der Waals surface area contributed by atoms with Crippen LogP contribution in [-0.2, 0) is 11.3 Å². The van der Waals surface area contributed by atoms with Gasteiger partial charge in [-0.05, 0) is 28.1 Å². The van der Waals surface area contributed by atoms with Gasteiger partial charge < -0.3 is 20.7 Å². The number of primary amides is 1. The molecule has 1 aromatic heterocycles. The number of hydrogen-bond donors (Lipinski definition) is 2. The molecule has 0 atom stereocenters. The fourth-order valence-electron chi connectivity index (χ4n) is 3.38. The normalized spacial score (nSPS) is 13.8. The molecule has 10 nitrogen and oxygen atoms in total. The number of anilines is 2. The minimum atomic E-state index is -0.628. The number of aromatic nitrogens is 4. The molecule has 2 heterocycles. The van der Waals surface area contributed by atoms with Gasteiger partial charge >= 0.3 is 0 Å². The Kier molecular flexibility index (Phi) is 5.66. The van der Waals surface area contributed by atoms with E-state index in [1.807, 2.05) is 35.2 Å². The number of rotatable bonds is 6. The molecule has 2 amide bonds. The third-order valence-corrected chi connectivity index (χ3v) is 4.80. The number of tetrazole rings is 1. The van der Waals surface area contributed by atoms with Gasteiger partial charge in [-0.15, -0.1) is 5.10 Å². The van der Waals surface area contributed by atoms with E-state index in [4.69, 9.17) is 10.5 Å². The number of carbonyl (C=O) groups excluding carboxylic acids is 2. The molecular weight excluding hydrogens is 386 g/mol. The zero-order valence-electron chi connectivity index (χ0n) is 16.2. The highest BCUT2D eigenvalue weighted by molar-refractivity contribution is 6.10. The SMILES string of the molecule is NC(=O)c1c(NC(=O)c2nnnn2Cc2ccccc2)cccc1N1CCOCC1. The topological polar surface area (TPSA) is 128 Å². The lowest BCUT2D eigenvalue weighted by Crippen LogP contribution is -2.37. The number of ether oxygens (including phenoxy) is 1. The number of nitrogens with two attached hydrogens (primary N) is 1. The summed E-state index contributed by atoms with van der Waals surface area (Å²) in [5.74, 6) is -1.13. The van der Waals surface area contributed by atoms with Gasteiger partial charge in [0.15, 0.2) is 0 Å². The van der Waals surface area contributed by atoms with Gasteiger partial charge in [0.1, 0.15) is 0 Å². The lowest BCUT2D eigenvalue weighted by molar-refractivity contribution is 0.0999. The zero-order chi connectivity index (χ0) is 20.9. The lowest BCUT2D eigenvalue weighted by atomic mass is 10.1. The molecule has 2 aromatic carbocycles. The molecule has 0 unspecified atom stereocenters. The first-order valence-electron chi connectivity index (χ1n) is 9.50. The first-order valence-corrected chi connectivity index (χ1v) is 9.50. The van der Waals surface area contributed by atoms with Gasteiger partial charge in [0.2, 0.25) is 5.82 Å². The molecular formula is C20H21N7O3.